The van der Waals surface area contributed by atoms with Crippen molar-refractivity contribution in [3.05, 3.63) is 24.8 Å². The fraction of sp³-hybridized carbons (Fsp3) is 0.364. The highest BCUT2D eigenvalue weighted by Gasteiger charge is 2.37. The number of hydrogen-bond acceptors (Lipinski definition) is 4. The largest absolute Gasteiger partial charge is 0.481 e. The van der Waals surface area contributed by atoms with E-state index >= 15 is 0 Å². The predicted octanol–water partition coefficient (Wildman–Crippen LogP) is 0.446. The summed E-state index contributed by atoms with van der Waals surface area (Å²) in [5.74, 6) is -5.28. The average molecular weight is 240 g/mol. The maximum absolute atomic E-state index is 10.9. The number of aliphatic carboxylic acids is 2. The maximum Gasteiger partial charge on any atom is 0.330 e. The summed E-state index contributed by atoms with van der Waals surface area (Å²) in [6.45, 7) is 3.21. The molecule has 3 atom stereocenters. The number of carbonyl (C=O) groups is 3. The van der Waals surface area contributed by atoms with Crippen molar-refractivity contribution in [3.63, 3.8) is 0 Å². The minimum atomic E-state index is -1.22. The molecule has 0 heterocycles. The molecule has 0 fully saturated rings. The van der Waals surface area contributed by atoms with Crippen molar-refractivity contribution < 1.29 is 29.3 Å². The molecule has 0 radical (unpaired) electrons. The van der Waals surface area contributed by atoms with Crippen molar-refractivity contribution >= 4 is 17.9 Å². The molecular formula is C11H12O6. The van der Waals surface area contributed by atoms with Gasteiger partial charge in [-0.3, -0.25) is 9.59 Å². The molecule has 0 aromatic heterocycles. The van der Waals surface area contributed by atoms with Gasteiger partial charge in [0.05, 0.1) is 11.8 Å². The third-order valence-electron chi connectivity index (χ3n) is 2.49. The molecule has 1 aliphatic rings. The second-order valence-electron chi connectivity index (χ2n) is 3.61. The first-order valence-electron chi connectivity index (χ1n) is 4.92. The molecule has 0 aromatic rings. The van der Waals surface area contributed by atoms with Gasteiger partial charge >= 0.3 is 17.9 Å². The highest BCUT2D eigenvalue weighted by Crippen LogP contribution is 2.27. The van der Waals surface area contributed by atoms with Gasteiger partial charge in [0, 0.05) is 12.5 Å². The lowest BCUT2D eigenvalue weighted by atomic mass is 9.83. The number of carboxylic acid groups (broad SMARTS) is 2. The summed E-state index contributed by atoms with van der Waals surface area (Å²) in [7, 11) is 0. The quantitative estimate of drug-likeness (QED) is 0.420. The summed E-state index contributed by atoms with van der Waals surface area (Å²) in [5, 5.41) is 17.7. The van der Waals surface area contributed by atoms with Gasteiger partial charge in [-0.25, -0.2) is 4.79 Å². The van der Waals surface area contributed by atoms with Gasteiger partial charge in [-0.2, -0.15) is 0 Å². The zero-order chi connectivity index (χ0) is 13.0. The van der Waals surface area contributed by atoms with Gasteiger partial charge in [0.15, 0.2) is 0 Å². The van der Waals surface area contributed by atoms with E-state index in [4.69, 9.17) is 14.9 Å². The zero-order valence-corrected chi connectivity index (χ0v) is 8.91. The van der Waals surface area contributed by atoms with Crippen LogP contribution in [0.1, 0.15) is 6.42 Å². The lowest BCUT2D eigenvalue weighted by Gasteiger charge is -2.26. The molecule has 6 heteroatoms. The molecule has 0 saturated carbocycles. The summed E-state index contributed by atoms with van der Waals surface area (Å²) in [6.07, 6.45) is 2.82. The van der Waals surface area contributed by atoms with Gasteiger partial charge in [-0.1, -0.05) is 12.7 Å². The van der Waals surface area contributed by atoms with E-state index < -0.39 is 35.8 Å². The van der Waals surface area contributed by atoms with Gasteiger partial charge in [0.1, 0.15) is 6.10 Å². The summed E-state index contributed by atoms with van der Waals surface area (Å²) in [6, 6.07) is 0. The van der Waals surface area contributed by atoms with E-state index in [1.165, 1.54) is 12.2 Å². The Hall–Kier alpha value is -2.11. The molecule has 0 aliphatic heterocycles. The topological polar surface area (TPSA) is 101 Å². The molecule has 2 N–H and O–H groups in total. The van der Waals surface area contributed by atoms with Crippen molar-refractivity contribution in [1.82, 2.24) is 0 Å². The van der Waals surface area contributed by atoms with Crippen molar-refractivity contribution in [2.45, 2.75) is 12.5 Å². The van der Waals surface area contributed by atoms with Crippen LogP contribution in [0.5, 0.6) is 0 Å². The number of rotatable bonds is 4. The maximum atomic E-state index is 10.9. The average Bonchev–Trinajstić information content (AvgIpc) is 2.28. The van der Waals surface area contributed by atoms with Gasteiger partial charge in [0.25, 0.3) is 0 Å². The van der Waals surface area contributed by atoms with Crippen molar-refractivity contribution in [2.24, 2.45) is 11.8 Å². The van der Waals surface area contributed by atoms with Crippen LogP contribution in [0.4, 0.5) is 0 Å². The van der Waals surface area contributed by atoms with E-state index in [0.29, 0.717) is 0 Å². The van der Waals surface area contributed by atoms with E-state index in [1.807, 2.05) is 0 Å². The van der Waals surface area contributed by atoms with Crippen LogP contribution in [0, 0.1) is 11.8 Å². The molecule has 0 saturated heterocycles. The number of carboxylic acids is 2. The molecule has 92 valence electrons. The smallest absolute Gasteiger partial charge is 0.330 e. The van der Waals surface area contributed by atoms with Gasteiger partial charge in [0.2, 0.25) is 0 Å². The van der Waals surface area contributed by atoms with Crippen LogP contribution >= 0.6 is 0 Å². The van der Waals surface area contributed by atoms with Crippen LogP contribution < -0.4 is 0 Å². The number of hydrogen-bond donors (Lipinski definition) is 2. The van der Waals surface area contributed by atoms with E-state index in [1.54, 1.807) is 0 Å². The summed E-state index contributed by atoms with van der Waals surface area (Å²) in [5.41, 5.74) is 0. The minimum Gasteiger partial charge on any atom is -0.481 e. The molecule has 0 bridgehead atoms. The monoisotopic (exact) mass is 240 g/mol. The lowest BCUT2D eigenvalue weighted by molar-refractivity contribution is -0.155. The van der Waals surface area contributed by atoms with Crippen molar-refractivity contribution in [3.8, 4) is 0 Å². The first-order valence-corrected chi connectivity index (χ1v) is 4.92. The van der Waals surface area contributed by atoms with E-state index in [-0.39, 0.29) is 6.42 Å². The van der Waals surface area contributed by atoms with Crippen molar-refractivity contribution in [2.75, 3.05) is 0 Å². The van der Waals surface area contributed by atoms with Gasteiger partial charge < -0.3 is 14.9 Å². The van der Waals surface area contributed by atoms with Crippen LogP contribution in [0.25, 0.3) is 0 Å². The number of carbonyl (C=O) groups excluding carboxylic acids is 1. The van der Waals surface area contributed by atoms with Gasteiger partial charge in [-0.05, 0) is 6.08 Å². The zero-order valence-electron chi connectivity index (χ0n) is 8.91. The van der Waals surface area contributed by atoms with Crippen LogP contribution in [-0.2, 0) is 19.1 Å². The highest BCUT2D eigenvalue weighted by molar-refractivity contribution is 5.83. The first kappa shape index (κ1) is 13.0. The fourth-order valence-corrected chi connectivity index (χ4v) is 1.65. The van der Waals surface area contributed by atoms with Crippen LogP contribution in [0.15, 0.2) is 24.8 Å². The Morgan fingerprint density at radius 1 is 1.24 bits per heavy atom. The van der Waals surface area contributed by atoms with Gasteiger partial charge in [-0.15, -0.1) is 0 Å². The van der Waals surface area contributed by atoms with Crippen LogP contribution in [-0.4, -0.2) is 34.2 Å². The van der Waals surface area contributed by atoms with E-state index in [2.05, 4.69) is 6.58 Å². The minimum absolute atomic E-state index is 0.0532. The Kier molecular flexibility index (Phi) is 4.03. The second kappa shape index (κ2) is 5.29. The molecule has 3 unspecified atom stereocenters. The molecular weight excluding hydrogens is 228 g/mol. The standard InChI is InChI=1S/C11H12O6/c1-2-9(12)17-6-3-4-7(10(13)14)8(5-6)11(15)16/h2-4,6-8H,1,5H2,(H,13,14)(H,15,16). The predicted molar refractivity (Wildman–Crippen MR) is 56.1 cm³/mol. The molecule has 17 heavy (non-hydrogen) atoms. The Morgan fingerprint density at radius 2 is 1.88 bits per heavy atom. The molecule has 0 amide bonds. The Balaban J connectivity index is 2.80. The molecule has 1 aliphatic carbocycles. The number of esters is 1. The van der Waals surface area contributed by atoms with E-state index in [9.17, 15) is 14.4 Å². The highest BCUT2D eigenvalue weighted by atomic mass is 16.5. The Morgan fingerprint density at radius 3 is 2.35 bits per heavy atom. The first-order chi connectivity index (χ1) is 7.95. The molecule has 0 spiro atoms. The SMILES string of the molecule is C=CC(=O)OC1C=CC(C(=O)O)C(C(=O)O)C1. The normalized spacial score (nSPS) is 27.2. The lowest BCUT2D eigenvalue weighted by Crippen LogP contribution is -2.35. The third-order valence-corrected chi connectivity index (χ3v) is 2.49. The molecule has 0 aromatic carbocycles. The van der Waals surface area contributed by atoms with Crippen LogP contribution in [0.3, 0.4) is 0 Å². The van der Waals surface area contributed by atoms with E-state index in [0.717, 1.165) is 6.08 Å². The van der Waals surface area contributed by atoms with Crippen LogP contribution in [0.2, 0.25) is 0 Å². The Labute approximate surface area is 97.2 Å². The third kappa shape index (κ3) is 3.17. The summed E-state index contributed by atoms with van der Waals surface area (Å²) >= 11 is 0. The summed E-state index contributed by atoms with van der Waals surface area (Å²) < 4.78 is 4.85. The second-order valence-corrected chi connectivity index (χ2v) is 3.61. The summed E-state index contributed by atoms with van der Waals surface area (Å²) in [4.78, 5) is 32.7. The molecule has 6 nitrogen and oxygen atoms in total. The molecule has 1 rings (SSSR count). The van der Waals surface area contributed by atoms with Crippen molar-refractivity contribution in [1.29, 1.82) is 0 Å². The fourth-order valence-electron chi connectivity index (χ4n) is 1.65. The number of ether oxygens (including phenoxy) is 1. The Bertz CT molecular complexity index is 383.